The Morgan fingerprint density at radius 3 is 2.94 bits per heavy atom. The average Bonchev–Trinajstić information content (AvgIpc) is 2.73. The third-order valence-electron chi connectivity index (χ3n) is 2.56. The largest absolute Gasteiger partial charge is 0.371 e. The summed E-state index contributed by atoms with van der Waals surface area (Å²) in [6.45, 7) is 2.04. The Balaban J connectivity index is 2.24. The summed E-state index contributed by atoms with van der Waals surface area (Å²) < 4.78 is 13.5. The average molecular weight is 250 g/mol. The molecule has 94 valence electrons. The molecule has 0 aliphatic carbocycles. The molecule has 6 nitrogen and oxygen atoms in total. The number of rotatable bonds is 4. The summed E-state index contributed by atoms with van der Waals surface area (Å²) in [5.74, 6) is -0.655. The van der Waals surface area contributed by atoms with Crippen molar-refractivity contribution >= 4 is 11.4 Å². The number of nitro groups is 1. The summed E-state index contributed by atoms with van der Waals surface area (Å²) in [5.41, 5.74) is 1.11. The second-order valence-electron chi connectivity index (χ2n) is 3.72. The number of nitrogens with one attached hydrogen (secondary N) is 2. The highest BCUT2D eigenvalue weighted by Crippen LogP contribution is 2.27. The summed E-state index contributed by atoms with van der Waals surface area (Å²) in [4.78, 5) is 17.1. The van der Waals surface area contributed by atoms with Crippen LogP contribution in [0.1, 0.15) is 11.4 Å². The maximum absolute atomic E-state index is 13.5. The maximum Gasteiger partial charge on any atom is 0.295 e. The number of nitro benzene ring substituents is 1. The predicted molar refractivity (Wildman–Crippen MR) is 63.7 cm³/mol. The smallest absolute Gasteiger partial charge is 0.295 e. The maximum atomic E-state index is 13.5. The molecule has 2 N–H and O–H groups in total. The molecule has 0 saturated carbocycles. The van der Waals surface area contributed by atoms with Crippen molar-refractivity contribution in [1.82, 2.24) is 9.97 Å². The molecule has 2 rings (SSSR count). The van der Waals surface area contributed by atoms with Gasteiger partial charge < -0.3 is 10.3 Å². The number of hydrogen-bond acceptors (Lipinski definition) is 4. The van der Waals surface area contributed by atoms with Gasteiger partial charge in [0.25, 0.3) is 5.69 Å². The van der Waals surface area contributed by atoms with Crippen molar-refractivity contribution in [2.75, 3.05) is 5.32 Å². The standard InChI is InChI=1S/C11H11FN4O2/c1-7-9(15-6-14-7)5-13-11-8(12)3-2-4-10(11)16(17)18/h2-4,6,13H,5H2,1H3,(H,14,15). The van der Waals surface area contributed by atoms with Gasteiger partial charge in [-0.25, -0.2) is 9.37 Å². The van der Waals surface area contributed by atoms with Crippen LogP contribution in [0, 0.1) is 22.9 Å². The minimum absolute atomic E-state index is 0.120. The van der Waals surface area contributed by atoms with Gasteiger partial charge >= 0.3 is 0 Å². The highest BCUT2D eigenvalue weighted by molar-refractivity contribution is 5.62. The van der Waals surface area contributed by atoms with Crippen LogP contribution in [0.5, 0.6) is 0 Å². The Morgan fingerprint density at radius 1 is 1.56 bits per heavy atom. The Kier molecular flexibility index (Phi) is 3.22. The van der Waals surface area contributed by atoms with E-state index in [1.54, 1.807) is 0 Å². The molecule has 0 radical (unpaired) electrons. The van der Waals surface area contributed by atoms with Crippen LogP contribution in [-0.2, 0) is 6.54 Å². The highest BCUT2D eigenvalue weighted by atomic mass is 19.1. The highest BCUT2D eigenvalue weighted by Gasteiger charge is 2.17. The molecule has 0 unspecified atom stereocenters. The zero-order chi connectivity index (χ0) is 13.1. The Hall–Kier alpha value is -2.44. The Morgan fingerprint density at radius 2 is 2.33 bits per heavy atom. The van der Waals surface area contributed by atoms with Crippen LogP contribution in [0.3, 0.4) is 0 Å². The van der Waals surface area contributed by atoms with Gasteiger partial charge in [0, 0.05) is 11.8 Å². The number of aromatic nitrogens is 2. The third-order valence-corrected chi connectivity index (χ3v) is 2.56. The minimum Gasteiger partial charge on any atom is -0.371 e. The van der Waals surface area contributed by atoms with Crippen LogP contribution in [0.4, 0.5) is 15.8 Å². The fourth-order valence-corrected chi connectivity index (χ4v) is 1.58. The van der Waals surface area contributed by atoms with Crippen LogP contribution in [0.2, 0.25) is 0 Å². The fraction of sp³-hybridized carbons (Fsp3) is 0.182. The normalized spacial score (nSPS) is 10.3. The number of para-hydroxylation sites is 1. The molecule has 18 heavy (non-hydrogen) atoms. The molecule has 0 aliphatic heterocycles. The first kappa shape index (κ1) is 12.0. The first-order chi connectivity index (χ1) is 8.59. The Bertz CT molecular complexity index is 582. The third kappa shape index (κ3) is 2.29. The molecule has 0 aliphatic rings. The van der Waals surface area contributed by atoms with Gasteiger partial charge in [-0.2, -0.15) is 0 Å². The molecule has 0 bridgehead atoms. The van der Waals surface area contributed by atoms with Crippen molar-refractivity contribution in [1.29, 1.82) is 0 Å². The first-order valence-corrected chi connectivity index (χ1v) is 5.25. The van der Waals surface area contributed by atoms with Crippen molar-refractivity contribution in [3.8, 4) is 0 Å². The van der Waals surface area contributed by atoms with Crippen molar-refractivity contribution in [3.05, 3.63) is 51.8 Å². The second-order valence-corrected chi connectivity index (χ2v) is 3.72. The van der Waals surface area contributed by atoms with Crippen molar-refractivity contribution in [3.63, 3.8) is 0 Å². The van der Waals surface area contributed by atoms with Gasteiger partial charge in [0.2, 0.25) is 0 Å². The lowest BCUT2D eigenvalue weighted by Gasteiger charge is -2.07. The molecule has 0 saturated heterocycles. The van der Waals surface area contributed by atoms with Crippen LogP contribution in [0.25, 0.3) is 0 Å². The number of nitrogens with zero attached hydrogens (tertiary/aromatic N) is 2. The van der Waals surface area contributed by atoms with Crippen molar-refractivity contribution in [2.45, 2.75) is 13.5 Å². The lowest BCUT2D eigenvalue weighted by atomic mass is 10.2. The summed E-state index contributed by atoms with van der Waals surface area (Å²) in [5, 5.41) is 13.5. The molecule has 0 amide bonds. The summed E-state index contributed by atoms with van der Waals surface area (Å²) >= 11 is 0. The number of H-pyrrole nitrogens is 1. The van der Waals surface area contributed by atoms with Gasteiger partial charge in [-0.05, 0) is 13.0 Å². The van der Waals surface area contributed by atoms with E-state index < -0.39 is 10.7 Å². The van der Waals surface area contributed by atoms with E-state index in [1.165, 1.54) is 24.5 Å². The number of imidazole rings is 1. The molecule has 0 spiro atoms. The van der Waals surface area contributed by atoms with Gasteiger partial charge in [0.1, 0.15) is 5.69 Å². The van der Waals surface area contributed by atoms with E-state index in [-0.39, 0.29) is 17.9 Å². The van der Waals surface area contributed by atoms with E-state index in [0.717, 1.165) is 5.69 Å². The molecular weight excluding hydrogens is 239 g/mol. The van der Waals surface area contributed by atoms with E-state index >= 15 is 0 Å². The van der Waals surface area contributed by atoms with Gasteiger partial charge in [-0.15, -0.1) is 0 Å². The predicted octanol–water partition coefficient (Wildman–Crippen LogP) is 2.38. The van der Waals surface area contributed by atoms with E-state index in [2.05, 4.69) is 15.3 Å². The number of anilines is 1. The fourth-order valence-electron chi connectivity index (χ4n) is 1.58. The number of aryl methyl sites for hydroxylation is 1. The van der Waals surface area contributed by atoms with Crippen LogP contribution >= 0.6 is 0 Å². The number of aromatic amines is 1. The lowest BCUT2D eigenvalue weighted by Crippen LogP contribution is -2.06. The molecule has 0 atom stereocenters. The quantitative estimate of drug-likeness (QED) is 0.644. The van der Waals surface area contributed by atoms with E-state index in [1.807, 2.05) is 6.92 Å². The van der Waals surface area contributed by atoms with Crippen LogP contribution < -0.4 is 5.32 Å². The molecule has 1 aromatic carbocycles. The van der Waals surface area contributed by atoms with Crippen molar-refractivity contribution in [2.24, 2.45) is 0 Å². The molecular formula is C11H11FN4O2. The first-order valence-electron chi connectivity index (χ1n) is 5.25. The summed E-state index contributed by atoms with van der Waals surface area (Å²) in [7, 11) is 0. The lowest BCUT2D eigenvalue weighted by molar-refractivity contribution is -0.384. The topological polar surface area (TPSA) is 83.8 Å². The molecule has 7 heteroatoms. The van der Waals surface area contributed by atoms with Crippen LogP contribution in [-0.4, -0.2) is 14.9 Å². The summed E-state index contributed by atoms with van der Waals surface area (Å²) in [6, 6.07) is 3.73. The SMILES string of the molecule is Cc1[nH]cnc1CNc1c(F)cccc1[N+](=O)[O-]. The zero-order valence-corrected chi connectivity index (χ0v) is 9.61. The number of halogens is 1. The minimum atomic E-state index is -0.655. The van der Waals surface area contributed by atoms with E-state index in [4.69, 9.17) is 0 Å². The van der Waals surface area contributed by atoms with E-state index in [9.17, 15) is 14.5 Å². The molecule has 1 heterocycles. The summed E-state index contributed by atoms with van der Waals surface area (Å²) in [6.07, 6.45) is 1.52. The number of benzene rings is 1. The van der Waals surface area contributed by atoms with Crippen molar-refractivity contribution < 1.29 is 9.31 Å². The van der Waals surface area contributed by atoms with Gasteiger partial charge in [0.05, 0.1) is 23.5 Å². The number of hydrogen-bond donors (Lipinski definition) is 2. The monoisotopic (exact) mass is 250 g/mol. The van der Waals surface area contributed by atoms with Gasteiger partial charge in [-0.1, -0.05) is 6.07 Å². The van der Waals surface area contributed by atoms with Crippen LogP contribution in [0.15, 0.2) is 24.5 Å². The molecule has 2 aromatic rings. The van der Waals surface area contributed by atoms with E-state index in [0.29, 0.717) is 5.69 Å². The second kappa shape index (κ2) is 4.82. The van der Waals surface area contributed by atoms with Gasteiger partial charge in [-0.3, -0.25) is 10.1 Å². The van der Waals surface area contributed by atoms with Gasteiger partial charge in [0.15, 0.2) is 5.82 Å². The molecule has 0 fully saturated rings. The Labute approximate surface area is 102 Å². The molecule has 1 aromatic heterocycles. The zero-order valence-electron chi connectivity index (χ0n) is 9.61.